The Morgan fingerprint density at radius 2 is 1.09 bits per heavy atom. The minimum Gasteiger partial charge on any atom is -0.508 e. The number of aromatic nitrogens is 5. The second kappa shape index (κ2) is 25.8. The van der Waals surface area contributed by atoms with E-state index in [9.17, 15) is 34.2 Å². The first-order valence-corrected chi connectivity index (χ1v) is 22.5. The fraction of sp³-hybridized carbons (Fsp3) is 0.320. The van der Waals surface area contributed by atoms with Gasteiger partial charge < -0.3 is 52.0 Å². The maximum absolute atomic E-state index is 13.2. The maximum Gasteiger partial charge on any atom is 0.330 e. The van der Waals surface area contributed by atoms with Crippen LogP contribution in [0, 0.1) is 27.7 Å². The van der Waals surface area contributed by atoms with E-state index >= 15 is 0 Å². The van der Waals surface area contributed by atoms with E-state index in [2.05, 4.69) is 56.2 Å². The van der Waals surface area contributed by atoms with Crippen molar-refractivity contribution in [2.24, 2.45) is 5.73 Å². The summed E-state index contributed by atoms with van der Waals surface area (Å²) < 4.78 is 9.48. The number of anilines is 2. The van der Waals surface area contributed by atoms with Crippen LogP contribution in [0.15, 0.2) is 85.1 Å². The lowest BCUT2D eigenvalue weighted by molar-refractivity contribution is -0.143. The number of ether oxygens (including phenoxy) is 2. The van der Waals surface area contributed by atoms with Gasteiger partial charge in [-0.3, -0.25) is 19.4 Å². The Morgan fingerprint density at radius 3 is 1.56 bits per heavy atom. The van der Waals surface area contributed by atoms with Crippen LogP contribution >= 0.6 is 0 Å². The summed E-state index contributed by atoms with van der Waals surface area (Å²) in [5, 5.41) is 34.8. The van der Waals surface area contributed by atoms with E-state index in [0.717, 1.165) is 42.2 Å². The molecule has 0 aliphatic carbocycles. The van der Waals surface area contributed by atoms with E-state index in [0.29, 0.717) is 58.7 Å². The standard InChI is InChI=1S/C30H32N6O5.C20H27N5O4/c1-18-25(19(2)35-30(34-18)32-14-7-9-20-8-6-11-22(37)16-20)27(38)36-24(29(40)41-3)17-33-28(39)26-23-12-5-4-10-21(23)13-15-31-26;1-12-17(18(27)25-16(11-21)19(28)29-3)13(2)24-20(23-12)22-9-5-7-14-6-4-8-15(26)10-14/h4-6,8,10-13,15-16,24,37H,7,9,14,17H2,1-3H3,(H,33,39)(H,36,38)(H,32,34,35);4,6,8,10,16,26H,5,7,9,11,21H2,1-3H3,(H,25,27)(H,22,23,24)/t24-;16-/m00/s1. The van der Waals surface area contributed by atoms with Crippen molar-refractivity contribution in [3.8, 4) is 11.5 Å². The van der Waals surface area contributed by atoms with Gasteiger partial charge in [0.15, 0.2) is 0 Å². The number of rotatable bonds is 20. The van der Waals surface area contributed by atoms with Gasteiger partial charge in [-0.1, -0.05) is 48.5 Å². The number of hydrogen-bond acceptors (Lipinski definition) is 17. The lowest BCUT2D eigenvalue weighted by Gasteiger charge is -2.19. The third-order valence-corrected chi connectivity index (χ3v) is 10.8. The van der Waals surface area contributed by atoms with Crippen LogP contribution in [0.5, 0.6) is 11.5 Å². The van der Waals surface area contributed by atoms with Crippen molar-refractivity contribution in [1.82, 2.24) is 40.9 Å². The first-order valence-electron chi connectivity index (χ1n) is 22.5. The predicted octanol–water partition coefficient (Wildman–Crippen LogP) is 4.17. The van der Waals surface area contributed by atoms with Gasteiger partial charge in [0.1, 0.15) is 29.3 Å². The summed E-state index contributed by atoms with van der Waals surface area (Å²) in [4.78, 5) is 84.4. The molecule has 0 aliphatic rings. The summed E-state index contributed by atoms with van der Waals surface area (Å²) in [5.41, 5.74) is 10.2. The molecule has 3 heterocycles. The number of hydrogen-bond donors (Lipinski definition) is 8. The molecule has 6 aromatic rings. The van der Waals surface area contributed by atoms with Crippen LogP contribution in [0.25, 0.3) is 10.8 Å². The normalized spacial score (nSPS) is 11.5. The van der Waals surface area contributed by atoms with Gasteiger partial charge in [0.05, 0.1) is 48.1 Å². The molecule has 6 rings (SSSR count). The van der Waals surface area contributed by atoms with Gasteiger partial charge in [-0.2, -0.15) is 0 Å². The molecule has 0 saturated carbocycles. The number of pyridine rings is 1. The number of nitrogens with one attached hydrogen (secondary N) is 5. The number of esters is 2. The Hall–Kier alpha value is -8.26. The van der Waals surface area contributed by atoms with Crippen molar-refractivity contribution in [3.05, 3.63) is 136 Å². The number of methoxy groups -OCH3 is 2. The molecule has 70 heavy (non-hydrogen) atoms. The molecular weight excluding hydrogens is 899 g/mol. The molecule has 0 aliphatic heterocycles. The number of amides is 3. The van der Waals surface area contributed by atoms with Crippen LogP contribution in [0.2, 0.25) is 0 Å². The Balaban J connectivity index is 0.000000277. The van der Waals surface area contributed by atoms with Crippen LogP contribution in [0.3, 0.4) is 0 Å². The number of phenolic OH excluding ortho intramolecular Hbond substituents is 2. The topological polar surface area (TPSA) is 295 Å². The van der Waals surface area contributed by atoms with Crippen LogP contribution in [0.4, 0.5) is 11.9 Å². The number of aryl methyl sites for hydroxylation is 6. The first-order chi connectivity index (χ1) is 33.6. The van der Waals surface area contributed by atoms with E-state index in [4.69, 9.17) is 10.5 Å². The van der Waals surface area contributed by atoms with Crippen molar-refractivity contribution in [1.29, 1.82) is 0 Å². The largest absolute Gasteiger partial charge is 0.508 e. The quantitative estimate of drug-likeness (QED) is 0.0394. The van der Waals surface area contributed by atoms with Crippen molar-refractivity contribution in [2.75, 3.05) is 51.0 Å². The molecule has 20 nitrogen and oxygen atoms in total. The molecule has 3 aromatic carbocycles. The van der Waals surface area contributed by atoms with E-state index in [-0.39, 0.29) is 35.8 Å². The lowest BCUT2D eigenvalue weighted by atomic mass is 10.1. The summed E-state index contributed by atoms with van der Waals surface area (Å²) in [5.74, 6) is -1.56. The summed E-state index contributed by atoms with van der Waals surface area (Å²) in [6.45, 7) is 7.73. The highest BCUT2D eigenvalue weighted by Crippen LogP contribution is 2.19. The second-order valence-corrected chi connectivity index (χ2v) is 16.0. The monoisotopic (exact) mass is 957 g/mol. The van der Waals surface area contributed by atoms with Gasteiger partial charge in [0, 0.05) is 37.8 Å². The molecule has 9 N–H and O–H groups in total. The van der Waals surface area contributed by atoms with Crippen molar-refractivity contribution in [3.63, 3.8) is 0 Å². The molecule has 20 heteroatoms. The number of carbonyl (C=O) groups excluding carboxylic acids is 5. The van der Waals surface area contributed by atoms with E-state index < -0.39 is 41.7 Å². The molecule has 0 fully saturated rings. The van der Waals surface area contributed by atoms with Gasteiger partial charge in [-0.05, 0) is 100 Å². The van der Waals surface area contributed by atoms with Crippen LogP contribution in [-0.2, 0) is 31.9 Å². The van der Waals surface area contributed by atoms with Gasteiger partial charge in [0.2, 0.25) is 11.9 Å². The zero-order valence-electron chi connectivity index (χ0n) is 40.0. The number of phenols is 2. The Morgan fingerprint density at radius 1 is 0.614 bits per heavy atom. The number of nitrogens with two attached hydrogens (primary N) is 1. The van der Waals surface area contributed by atoms with Gasteiger partial charge >= 0.3 is 11.9 Å². The highest BCUT2D eigenvalue weighted by molar-refractivity contribution is 6.05. The minimum atomic E-state index is -1.15. The minimum absolute atomic E-state index is 0.0732. The average molecular weight is 958 g/mol. The molecular formula is C50H59N11O9. The predicted molar refractivity (Wildman–Crippen MR) is 263 cm³/mol. The Kier molecular flexibility index (Phi) is 19.4. The van der Waals surface area contributed by atoms with E-state index in [1.165, 1.54) is 20.4 Å². The van der Waals surface area contributed by atoms with Gasteiger partial charge in [-0.25, -0.2) is 29.5 Å². The molecule has 0 unspecified atom stereocenters. The molecule has 368 valence electrons. The van der Waals surface area contributed by atoms with Crippen LogP contribution in [0.1, 0.15) is 77.9 Å². The molecule has 3 aromatic heterocycles. The van der Waals surface area contributed by atoms with E-state index in [1.54, 1.807) is 70.2 Å². The number of nitrogens with zero attached hydrogens (tertiary/aromatic N) is 5. The molecule has 0 saturated heterocycles. The van der Waals surface area contributed by atoms with Gasteiger partial charge in [0.25, 0.3) is 17.7 Å². The zero-order valence-corrected chi connectivity index (χ0v) is 40.0. The van der Waals surface area contributed by atoms with Gasteiger partial charge in [-0.15, -0.1) is 0 Å². The average Bonchev–Trinajstić information content (AvgIpc) is 3.33. The summed E-state index contributed by atoms with van der Waals surface area (Å²) in [6.07, 6.45) is 4.71. The highest BCUT2D eigenvalue weighted by Gasteiger charge is 2.27. The number of fused-ring (bicyclic) bond motifs is 1. The maximum atomic E-state index is 13.2. The summed E-state index contributed by atoms with van der Waals surface area (Å²) in [7, 11) is 2.44. The molecule has 3 amide bonds. The fourth-order valence-electron chi connectivity index (χ4n) is 7.39. The molecule has 0 bridgehead atoms. The first kappa shape index (κ1) is 52.7. The Bertz CT molecular complexity index is 2760. The molecule has 0 radical (unpaired) electrons. The fourth-order valence-corrected chi connectivity index (χ4v) is 7.39. The third-order valence-electron chi connectivity index (χ3n) is 10.8. The number of aromatic hydroxyl groups is 2. The molecule has 0 spiro atoms. The second-order valence-electron chi connectivity index (χ2n) is 16.0. The Labute approximate surface area is 405 Å². The van der Waals surface area contributed by atoms with Crippen molar-refractivity contribution in [2.45, 2.75) is 65.5 Å². The number of benzene rings is 3. The van der Waals surface area contributed by atoms with E-state index in [1.807, 2.05) is 36.4 Å². The van der Waals surface area contributed by atoms with Crippen molar-refractivity contribution >= 4 is 52.3 Å². The zero-order chi connectivity index (χ0) is 50.7. The summed E-state index contributed by atoms with van der Waals surface area (Å²) >= 11 is 0. The highest BCUT2D eigenvalue weighted by atomic mass is 16.5. The lowest BCUT2D eigenvalue weighted by Crippen LogP contribution is -2.49. The van der Waals surface area contributed by atoms with Crippen LogP contribution < -0.4 is 32.3 Å². The number of carbonyl (C=O) groups is 5. The SMILES string of the molecule is COC(=O)[C@H](CN)NC(=O)c1c(C)nc(NCCCc2cccc(O)c2)nc1C.COC(=O)[C@H](CNC(=O)c1nccc2ccccc12)NC(=O)c1c(C)nc(NCCCc2cccc(O)c2)nc1C. The molecule has 2 atom stereocenters. The van der Waals surface area contributed by atoms with Crippen molar-refractivity contribution < 1.29 is 43.7 Å². The van der Waals surface area contributed by atoms with Crippen LogP contribution in [-0.4, -0.2) is 117 Å². The summed E-state index contributed by atoms with van der Waals surface area (Å²) in [6, 6.07) is 21.3. The smallest absolute Gasteiger partial charge is 0.330 e. The third kappa shape index (κ3) is 14.9.